The number of hydrogen-bond acceptors (Lipinski definition) is 4. The van der Waals surface area contributed by atoms with Gasteiger partial charge in [-0.1, -0.05) is 0 Å². The molecule has 24 heavy (non-hydrogen) atoms. The third kappa shape index (κ3) is 4.39. The molecule has 0 fully saturated rings. The summed E-state index contributed by atoms with van der Waals surface area (Å²) < 4.78 is 12.8. The number of Topliss-reactive ketones (excluding diaryl/α,β-unsaturated/α-hetero) is 1. The van der Waals surface area contributed by atoms with Crippen molar-refractivity contribution >= 4 is 23.3 Å². The number of carboxylic acids is 1. The Balaban J connectivity index is 1.91. The lowest BCUT2D eigenvalue weighted by Crippen LogP contribution is -2.13. The van der Waals surface area contributed by atoms with E-state index in [1.54, 1.807) is 0 Å². The number of rotatable bonds is 6. The highest BCUT2D eigenvalue weighted by Gasteiger charge is 2.12. The van der Waals surface area contributed by atoms with Gasteiger partial charge in [0.05, 0.1) is 0 Å². The zero-order chi connectivity index (χ0) is 17.7. The lowest BCUT2D eigenvalue weighted by atomic mass is 10.1. The molecular formula is C17H14FNO5. The van der Waals surface area contributed by atoms with Crippen molar-refractivity contribution in [2.75, 3.05) is 5.32 Å². The van der Waals surface area contributed by atoms with E-state index in [-0.39, 0.29) is 29.9 Å². The fraction of sp³-hybridized carbons (Fsp3) is 0.118. The molecule has 0 aromatic heterocycles. The standard InChI is InChI=1S/C17H14FNO5/c18-11-3-1-10(2-4-11)14(20)7-8-16(22)19-12-5-6-13(17(23)24)15(21)9-12/h1-6,9,21H,7-8H2,(H,19,22)(H,23,24). The fourth-order valence-corrected chi connectivity index (χ4v) is 2.02. The number of carboxylic acid groups (broad SMARTS) is 1. The second kappa shape index (κ2) is 7.36. The smallest absolute Gasteiger partial charge is 0.339 e. The predicted molar refractivity (Wildman–Crippen MR) is 83.7 cm³/mol. The summed E-state index contributed by atoms with van der Waals surface area (Å²) in [7, 11) is 0. The molecular weight excluding hydrogens is 317 g/mol. The van der Waals surface area contributed by atoms with Crippen molar-refractivity contribution in [3.05, 3.63) is 59.4 Å². The van der Waals surface area contributed by atoms with Gasteiger partial charge in [-0.15, -0.1) is 0 Å². The Bertz CT molecular complexity index is 786. The molecule has 0 atom stereocenters. The SMILES string of the molecule is O=C(CCC(=O)c1ccc(F)cc1)Nc1ccc(C(=O)O)c(O)c1. The number of aromatic hydroxyl groups is 1. The van der Waals surface area contributed by atoms with Gasteiger partial charge in [0.2, 0.25) is 5.91 Å². The highest BCUT2D eigenvalue weighted by atomic mass is 19.1. The van der Waals surface area contributed by atoms with Crippen molar-refractivity contribution in [2.45, 2.75) is 12.8 Å². The van der Waals surface area contributed by atoms with Crippen LogP contribution in [0.1, 0.15) is 33.6 Å². The van der Waals surface area contributed by atoms with E-state index in [9.17, 15) is 23.9 Å². The van der Waals surface area contributed by atoms with Gasteiger partial charge in [-0.2, -0.15) is 0 Å². The van der Waals surface area contributed by atoms with Gasteiger partial charge in [0, 0.05) is 30.2 Å². The summed E-state index contributed by atoms with van der Waals surface area (Å²) in [5, 5.41) is 20.8. The van der Waals surface area contributed by atoms with Crippen molar-refractivity contribution in [3.8, 4) is 5.75 Å². The average Bonchev–Trinajstić information content (AvgIpc) is 2.53. The summed E-state index contributed by atoms with van der Waals surface area (Å²) in [4.78, 5) is 34.5. The van der Waals surface area contributed by atoms with E-state index in [0.717, 1.165) is 12.1 Å². The number of phenols is 1. The summed E-state index contributed by atoms with van der Waals surface area (Å²) in [5.74, 6) is -2.96. The Morgan fingerprint density at radius 1 is 1.00 bits per heavy atom. The first-order chi connectivity index (χ1) is 11.4. The van der Waals surface area contributed by atoms with Gasteiger partial charge in [-0.25, -0.2) is 9.18 Å². The van der Waals surface area contributed by atoms with Crippen molar-refractivity contribution in [1.29, 1.82) is 0 Å². The predicted octanol–water partition coefficient (Wildman–Crippen LogP) is 2.83. The van der Waals surface area contributed by atoms with E-state index in [4.69, 9.17) is 5.11 Å². The Labute approximate surface area is 136 Å². The molecule has 0 saturated heterocycles. The Morgan fingerprint density at radius 3 is 2.25 bits per heavy atom. The number of hydrogen-bond donors (Lipinski definition) is 3. The normalized spacial score (nSPS) is 10.2. The third-order valence-electron chi connectivity index (χ3n) is 3.26. The summed E-state index contributed by atoms with van der Waals surface area (Å²) >= 11 is 0. The van der Waals surface area contributed by atoms with Crippen LogP contribution in [0.4, 0.5) is 10.1 Å². The molecule has 0 aliphatic heterocycles. The maximum atomic E-state index is 12.8. The van der Waals surface area contributed by atoms with Gasteiger partial charge in [-0.05, 0) is 36.4 Å². The monoisotopic (exact) mass is 331 g/mol. The van der Waals surface area contributed by atoms with E-state index >= 15 is 0 Å². The summed E-state index contributed by atoms with van der Waals surface area (Å²) in [6.07, 6.45) is -0.158. The minimum Gasteiger partial charge on any atom is -0.507 e. The number of halogens is 1. The number of amides is 1. The van der Waals surface area contributed by atoms with E-state index in [2.05, 4.69) is 5.32 Å². The first-order valence-corrected chi connectivity index (χ1v) is 7.02. The van der Waals surface area contributed by atoms with Gasteiger partial charge < -0.3 is 15.5 Å². The van der Waals surface area contributed by atoms with Crippen molar-refractivity contribution in [3.63, 3.8) is 0 Å². The summed E-state index contributed by atoms with van der Waals surface area (Å²) in [6, 6.07) is 8.64. The minimum absolute atomic E-state index is 0.0589. The molecule has 0 aliphatic rings. The largest absolute Gasteiger partial charge is 0.507 e. The molecule has 7 heteroatoms. The number of carbonyl (C=O) groups excluding carboxylic acids is 2. The second-order valence-electron chi connectivity index (χ2n) is 5.02. The van der Waals surface area contributed by atoms with Gasteiger partial charge in [-0.3, -0.25) is 9.59 Å². The lowest BCUT2D eigenvalue weighted by molar-refractivity contribution is -0.116. The molecule has 0 saturated carbocycles. The fourth-order valence-electron chi connectivity index (χ4n) is 2.02. The molecule has 0 radical (unpaired) electrons. The molecule has 2 aromatic rings. The van der Waals surface area contributed by atoms with Crippen LogP contribution in [0.25, 0.3) is 0 Å². The molecule has 6 nitrogen and oxygen atoms in total. The quantitative estimate of drug-likeness (QED) is 0.706. The Morgan fingerprint density at radius 2 is 1.67 bits per heavy atom. The molecule has 2 aromatic carbocycles. The van der Waals surface area contributed by atoms with Crippen LogP contribution in [0.3, 0.4) is 0 Å². The van der Waals surface area contributed by atoms with Gasteiger partial charge in [0.25, 0.3) is 0 Å². The molecule has 124 valence electrons. The van der Waals surface area contributed by atoms with Crippen LogP contribution in [0, 0.1) is 5.82 Å². The van der Waals surface area contributed by atoms with Crippen LogP contribution < -0.4 is 5.32 Å². The van der Waals surface area contributed by atoms with Crippen LogP contribution >= 0.6 is 0 Å². The van der Waals surface area contributed by atoms with Crippen molar-refractivity contribution in [1.82, 2.24) is 0 Å². The Kier molecular flexibility index (Phi) is 5.26. The van der Waals surface area contributed by atoms with E-state index in [1.165, 1.54) is 30.3 Å². The van der Waals surface area contributed by atoms with E-state index < -0.39 is 23.4 Å². The highest BCUT2D eigenvalue weighted by Crippen LogP contribution is 2.22. The van der Waals surface area contributed by atoms with Crippen LogP contribution in [0.2, 0.25) is 0 Å². The Hall–Kier alpha value is -3.22. The third-order valence-corrected chi connectivity index (χ3v) is 3.26. The van der Waals surface area contributed by atoms with E-state index in [0.29, 0.717) is 5.56 Å². The van der Waals surface area contributed by atoms with Gasteiger partial charge in [0.1, 0.15) is 17.1 Å². The molecule has 3 N–H and O–H groups in total. The number of anilines is 1. The second-order valence-corrected chi connectivity index (χ2v) is 5.02. The van der Waals surface area contributed by atoms with Gasteiger partial charge >= 0.3 is 5.97 Å². The van der Waals surface area contributed by atoms with Crippen LogP contribution in [0.5, 0.6) is 5.75 Å². The van der Waals surface area contributed by atoms with Gasteiger partial charge in [0.15, 0.2) is 5.78 Å². The molecule has 1 amide bonds. The molecule has 0 aliphatic carbocycles. The number of aromatic carboxylic acids is 1. The maximum absolute atomic E-state index is 12.8. The van der Waals surface area contributed by atoms with Crippen molar-refractivity contribution < 1.29 is 29.0 Å². The average molecular weight is 331 g/mol. The highest BCUT2D eigenvalue weighted by molar-refractivity contribution is 6.00. The topological polar surface area (TPSA) is 104 Å². The molecule has 0 spiro atoms. The maximum Gasteiger partial charge on any atom is 0.339 e. The molecule has 0 unspecified atom stereocenters. The zero-order valence-electron chi connectivity index (χ0n) is 12.5. The first kappa shape index (κ1) is 17.1. The number of nitrogens with one attached hydrogen (secondary N) is 1. The van der Waals surface area contributed by atoms with E-state index in [1.807, 2.05) is 0 Å². The lowest BCUT2D eigenvalue weighted by Gasteiger charge is -2.07. The summed E-state index contributed by atoms with van der Waals surface area (Å²) in [5.41, 5.74) is 0.254. The van der Waals surface area contributed by atoms with Crippen molar-refractivity contribution in [2.24, 2.45) is 0 Å². The molecule has 0 bridgehead atoms. The number of ketones is 1. The van der Waals surface area contributed by atoms with Crippen LogP contribution in [-0.4, -0.2) is 27.9 Å². The summed E-state index contributed by atoms with van der Waals surface area (Å²) in [6.45, 7) is 0. The molecule has 0 heterocycles. The zero-order valence-corrected chi connectivity index (χ0v) is 12.5. The van der Waals surface area contributed by atoms with Crippen LogP contribution in [-0.2, 0) is 4.79 Å². The number of carbonyl (C=O) groups is 3. The first-order valence-electron chi connectivity index (χ1n) is 7.02. The molecule has 2 rings (SSSR count). The minimum atomic E-state index is -1.28. The van der Waals surface area contributed by atoms with Crippen LogP contribution in [0.15, 0.2) is 42.5 Å². The number of benzene rings is 2.